The van der Waals surface area contributed by atoms with Gasteiger partial charge in [-0.1, -0.05) is 0 Å². The lowest BCUT2D eigenvalue weighted by molar-refractivity contribution is -0.140. The van der Waals surface area contributed by atoms with Crippen LogP contribution >= 0.6 is 0 Å². The molecule has 0 aliphatic heterocycles. The Morgan fingerprint density at radius 1 is 1.59 bits per heavy atom. The van der Waals surface area contributed by atoms with Crippen LogP contribution < -0.4 is 0 Å². The maximum absolute atomic E-state index is 11.7. The summed E-state index contributed by atoms with van der Waals surface area (Å²) in [5, 5.41) is 13.2. The third-order valence-corrected chi connectivity index (χ3v) is 2.97. The van der Waals surface area contributed by atoms with Crippen molar-refractivity contribution in [1.29, 1.82) is 0 Å². The lowest BCUT2D eigenvalue weighted by atomic mass is 9.97. The van der Waals surface area contributed by atoms with E-state index in [0.29, 0.717) is 18.4 Å². The number of esters is 1. The second-order valence-electron chi connectivity index (χ2n) is 4.17. The SMILES string of the molecule is CCOC(=O)c1nn(C)cc1C1(C(=O)O)CC1. The van der Waals surface area contributed by atoms with Gasteiger partial charge < -0.3 is 9.84 Å². The van der Waals surface area contributed by atoms with E-state index in [-0.39, 0.29) is 12.3 Å². The Balaban J connectivity index is 2.41. The van der Waals surface area contributed by atoms with Gasteiger partial charge >= 0.3 is 11.9 Å². The molecular weight excluding hydrogens is 224 g/mol. The minimum Gasteiger partial charge on any atom is -0.481 e. The Hall–Kier alpha value is -1.85. The van der Waals surface area contributed by atoms with Gasteiger partial charge in [-0.3, -0.25) is 9.48 Å². The Morgan fingerprint density at radius 3 is 2.71 bits per heavy atom. The van der Waals surface area contributed by atoms with Gasteiger partial charge in [-0.25, -0.2) is 4.79 Å². The molecule has 1 N–H and O–H groups in total. The first kappa shape index (κ1) is 11.6. The van der Waals surface area contributed by atoms with E-state index < -0.39 is 17.4 Å². The highest BCUT2D eigenvalue weighted by Crippen LogP contribution is 2.49. The maximum atomic E-state index is 11.7. The molecule has 0 radical (unpaired) electrons. The molecule has 1 aliphatic rings. The number of carboxylic acids is 1. The largest absolute Gasteiger partial charge is 0.481 e. The monoisotopic (exact) mass is 238 g/mol. The standard InChI is InChI=1S/C11H14N2O4/c1-3-17-9(14)8-7(6-13(2)12-8)11(4-5-11)10(15)16/h6H,3-5H2,1-2H3,(H,15,16). The number of carbonyl (C=O) groups excluding carboxylic acids is 1. The number of carboxylic acid groups (broad SMARTS) is 1. The third kappa shape index (κ3) is 1.79. The molecule has 1 aromatic rings. The van der Waals surface area contributed by atoms with Crippen molar-refractivity contribution in [1.82, 2.24) is 9.78 Å². The van der Waals surface area contributed by atoms with E-state index in [4.69, 9.17) is 4.74 Å². The summed E-state index contributed by atoms with van der Waals surface area (Å²) in [6.45, 7) is 1.94. The Kier molecular flexibility index (Phi) is 2.65. The summed E-state index contributed by atoms with van der Waals surface area (Å²) < 4.78 is 6.33. The van der Waals surface area contributed by atoms with E-state index in [9.17, 15) is 14.7 Å². The fraction of sp³-hybridized carbons (Fsp3) is 0.545. The van der Waals surface area contributed by atoms with Gasteiger partial charge in [0, 0.05) is 18.8 Å². The first-order chi connectivity index (χ1) is 8.01. The van der Waals surface area contributed by atoms with Gasteiger partial charge in [0.1, 0.15) is 0 Å². The van der Waals surface area contributed by atoms with E-state index in [2.05, 4.69) is 5.10 Å². The van der Waals surface area contributed by atoms with Gasteiger partial charge in [0.05, 0.1) is 12.0 Å². The van der Waals surface area contributed by atoms with Crippen molar-refractivity contribution in [3.8, 4) is 0 Å². The van der Waals surface area contributed by atoms with E-state index in [1.165, 1.54) is 4.68 Å². The Morgan fingerprint density at radius 2 is 2.24 bits per heavy atom. The van der Waals surface area contributed by atoms with E-state index >= 15 is 0 Å². The van der Waals surface area contributed by atoms with Crippen LogP contribution in [0.3, 0.4) is 0 Å². The van der Waals surface area contributed by atoms with Crippen molar-refractivity contribution in [3.63, 3.8) is 0 Å². The van der Waals surface area contributed by atoms with E-state index in [0.717, 1.165) is 0 Å². The first-order valence-electron chi connectivity index (χ1n) is 5.46. The zero-order chi connectivity index (χ0) is 12.6. The fourth-order valence-electron chi connectivity index (χ4n) is 1.91. The number of rotatable bonds is 4. The van der Waals surface area contributed by atoms with E-state index in [1.807, 2.05) is 0 Å². The molecular formula is C11H14N2O4. The second kappa shape index (κ2) is 3.87. The number of ether oxygens (including phenoxy) is 1. The summed E-state index contributed by atoms with van der Waals surface area (Å²) in [5.41, 5.74) is -0.351. The highest BCUT2D eigenvalue weighted by molar-refractivity contribution is 5.94. The minimum absolute atomic E-state index is 0.120. The van der Waals surface area contributed by atoms with Gasteiger partial charge in [0.2, 0.25) is 0 Å². The average Bonchev–Trinajstić information content (AvgIpc) is 2.98. The number of hydrogen-bond donors (Lipinski definition) is 1. The second-order valence-corrected chi connectivity index (χ2v) is 4.17. The van der Waals surface area contributed by atoms with Crippen LogP contribution in [0.1, 0.15) is 35.8 Å². The molecule has 6 nitrogen and oxygen atoms in total. The zero-order valence-electron chi connectivity index (χ0n) is 9.77. The molecule has 1 saturated carbocycles. The predicted octanol–water partition coefficient (Wildman–Crippen LogP) is 0.713. The van der Waals surface area contributed by atoms with Crippen molar-refractivity contribution in [2.45, 2.75) is 25.2 Å². The Bertz CT molecular complexity index is 474. The van der Waals surface area contributed by atoms with Crippen LogP contribution in [-0.2, 0) is 22.0 Å². The fourth-order valence-corrected chi connectivity index (χ4v) is 1.91. The first-order valence-corrected chi connectivity index (χ1v) is 5.46. The van der Waals surface area contributed by atoms with Crippen molar-refractivity contribution >= 4 is 11.9 Å². The van der Waals surface area contributed by atoms with Crippen LogP contribution in [0.4, 0.5) is 0 Å². The van der Waals surface area contributed by atoms with Crippen molar-refractivity contribution in [2.24, 2.45) is 7.05 Å². The van der Waals surface area contributed by atoms with Crippen molar-refractivity contribution in [2.75, 3.05) is 6.61 Å². The highest BCUT2D eigenvalue weighted by Gasteiger charge is 2.54. The molecule has 17 heavy (non-hydrogen) atoms. The van der Waals surface area contributed by atoms with Crippen LogP contribution in [0.25, 0.3) is 0 Å². The summed E-state index contributed by atoms with van der Waals surface area (Å²) in [5.74, 6) is -1.47. The van der Waals surface area contributed by atoms with Crippen LogP contribution in [0, 0.1) is 0 Å². The molecule has 0 aromatic carbocycles. The van der Waals surface area contributed by atoms with Gasteiger partial charge in [0.15, 0.2) is 5.69 Å². The number of aliphatic carboxylic acids is 1. The molecule has 6 heteroatoms. The average molecular weight is 238 g/mol. The molecule has 0 spiro atoms. The van der Waals surface area contributed by atoms with Crippen LogP contribution in [0.5, 0.6) is 0 Å². The maximum Gasteiger partial charge on any atom is 0.359 e. The molecule has 1 aliphatic carbocycles. The summed E-state index contributed by atoms with van der Waals surface area (Å²) in [7, 11) is 1.66. The number of aryl methyl sites for hydroxylation is 1. The highest BCUT2D eigenvalue weighted by atomic mass is 16.5. The molecule has 0 bridgehead atoms. The molecule has 0 unspecified atom stereocenters. The molecule has 92 valence electrons. The predicted molar refractivity (Wildman–Crippen MR) is 57.7 cm³/mol. The molecule has 0 saturated heterocycles. The molecule has 0 amide bonds. The third-order valence-electron chi connectivity index (χ3n) is 2.97. The topological polar surface area (TPSA) is 81.4 Å². The minimum atomic E-state index is -0.934. The molecule has 1 fully saturated rings. The normalized spacial score (nSPS) is 16.6. The number of hydrogen-bond acceptors (Lipinski definition) is 4. The van der Waals surface area contributed by atoms with Crippen molar-refractivity contribution in [3.05, 3.63) is 17.5 Å². The number of carbonyl (C=O) groups is 2. The molecule has 2 rings (SSSR count). The molecule has 1 heterocycles. The zero-order valence-corrected chi connectivity index (χ0v) is 9.77. The summed E-state index contributed by atoms with van der Waals surface area (Å²) in [6.07, 6.45) is 2.67. The quantitative estimate of drug-likeness (QED) is 0.781. The molecule has 0 atom stereocenters. The van der Waals surface area contributed by atoms with Crippen LogP contribution in [0.15, 0.2) is 6.20 Å². The van der Waals surface area contributed by atoms with E-state index in [1.54, 1.807) is 20.2 Å². The Labute approximate surface area is 98.2 Å². The van der Waals surface area contributed by atoms with Crippen LogP contribution in [0.2, 0.25) is 0 Å². The lowest BCUT2D eigenvalue weighted by Gasteiger charge is -2.08. The summed E-state index contributed by atoms with van der Waals surface area (Å²) in [4.78, 5) is 22.9. The number of nitrogens with zero attached hydrogens (tertiary/aromatic N) is 2. The van der Waals surface area contributed by atoms with Crippen LogP contribution in [-0.4, -0.2) is 33.4 Å². The van der Waals surface area contributed by atoms with Gasteiger partial charge in [-0.05, 0) is 19.8 Å². The smallest absolute Gasteiger partial charge is 0.359 e. The summed E-state index contributed by atoms with van der Waals surface area (Å²) >= 11 is 0. The van der Waals surface area contributed by atoms with Gasteiger partial charge in [0.25, 0.3) is 0 Å². The number of aromatic nitrogens is 2. The van der Waals surface area contributed by atoms with Crippen molar-refractivity contribution < 1.29 is 19.4 Å². The summed E-state index contributed by atoms with van der Waals surface area (Å²) in [6, 6.07) is 0. The molecule has 1 aromatic heterocycles. The van der Waals surface area contributed by atoms with Gasteiger partial charge in [-0.2, -0.15) is 5.10 Å². The lowest BCUT2D eigenvalue weighted by Crippen LogP contribution is -2.22. The van der Waals surface area contributed by atoms with Gasteiger partial charge in [-0.15, -0.1) is 0 Å².